The smallest absolute Gasteiger partial charge is 0.226 e. The van der Waals surface area contributed by atoms with Crippen LogP contribution in [0.4, 0.5) is 0 Å². The number of thiophene rings is 1. The van der Waals surface area contributed by atoms with E-state index in [1.807, 2.05) is 54.1 Å². The number of ether oxygens (including phenoxy) is 1. The molecule has 6 heteroatoms. The van der Waals surface area contributed by atoms with Crippen LogP contribution >= 0.6 is 22.7 Å². The molecule has 0 spiro atoms. The van der Waals surface area contributed by atoms with E-state index in [4.69, 9.17) is 4.74 Å². The van der Waals surface area contributed by atoms with Gasteiger partial charge in [0.05, 0.1) is 30.1 Å². The van der Waals surface area contributed by atoms with Gasteiger partial charge in [-0.1, -0.05) is 24.3 Å². The fourth-order valence-corrected chi connectivity index (χ4v) is 4.09. The summed E-state index contributed by atoms with van der Waals surface area (Å²) in [5.74, 6) is 0.732. The zero-order valence-corrected chi connectivity index (χ0v) is 15.1. The van der Waals surface area contributed by atoms with Crippen molar-refractivity contribution in [2.75, 3.05) is 7.11 Å². The van der Waals surface area contributed by atoms with E-state index in [0.29, 0.717) is 0 Å². The van der Waals surface area contributed by atoms with Crippen molar-refractivity contribution in [1.82, 2.24) is 10.3 Å². The number of amides is 1. The van der Waals surface area contributed by atoms with Crippen molar-refractivity contribution in [3.63, 3.8) is 0 Å². The molecule has 1 atom stereocenters. The first kappa shape index (κ1) is 16.7. The Morgan fingerprint density at radius 2 is 2.08 bits per heavy atom. The van der Waals surface area contributed by atoms with Gasteiger partial charge in [0, 0.05) is 10.9 Å². The summed E-state index contributed by atoms with van der Waals surface area (Å²) in [4.78, 5) is 18.0. The zero-order chi connectivity index (χ0) is 16.9. The fraction of sp³-hybridized carbons (Fsp3) is 0.222. The van der Waals surface area contributed by atoms with Gasteiger partial charge in [-0.3, -0.25) is 4.79 Å². The molecule has 0 bridgehead atoms. The lowest BCUT2D eigenvalue weighted by molar-refractivity contribution is -0.121. The standard InChI is InChI=1S/C18H18N2O2S2/c1-12(14-6-3-4-7-15(14)22-2)19-17(21)10-13-11-24-18(20-13)16-8-5-9-23-16/h3-9,11-12H,10H2,1-2H3,(H,19,21)/t12-/m0/s1. The van der Waals surface area contributed by atoms with Gasteiger partial charge in [0.25, 0.3) is 0 Å². The molecular formula is C18H18N2O2S2. The number of thiazole rings is 1. The van der Waals surface area contributed by atoms with Crippen LogP contribution in [0.2, 0.25) is 0 Å². The molecule has 1 aromatic carbocycles. The SMILES string of the molecule is COc1ccccc1[C@H](C)NC(=O)Cc1csc(-c2cccs2)n1. The Labute approximate surface area is 149 Å². The van der Waals surface area contributed by atoms with Gasteiger partial charge in [-0.2, -0.15) is 0 Å². The highest BCUT2D eigenvalue weighted by Crippen LogP contribution is 2.28. The summed E-state index contributed by atoms with van der Waals surface area (Å²) in [5.41, 5.74) is 1.76. The average molecular weight is 358 g/mol. The molecule has 0 saturated carbocycles. The summed E-state index contributed by atoms with van der Waals surface area (Å²) in [6, 6.07) is 11.6. The average Bonchev–Trinajstić information content (AvgIpc) is 3.25. The monoisotopic (exact) mass is 358 g/mol. The summed E-state index contributed by atoms with van der Waals surface area (Å²) < 4.78 is 5.35. The number of para-hydroxylation sites is 1. The van der Waals surface area contributed by atoms with Crippen molar-refractivity contribution in [2.45, 2.75) is 19.4 Å². The molecule has 24 heavy (non-hydrogen) atoms. The van der Waals surface area contributed by atoms with E-state index in [1.54, 1.807) is 29.8 Å². The lowest BCUT2D eigenvalue weighted by Gasteiger charge is -2.16. The van der Waals surface area contributed by atoms with Crippen LogP contribution in [-0.4, -0.2) is 18.0 Å². The highest BCUT2D eigenvalue weighted by molar-refractivity contribution is 7.20. The Balaban J connectivity index is 1.63. The van der Waals surface area contributed by atoms with Crippen molar-refractivity contribution in [1.29, 1.82) is 0 Å². The number of rotatable bonds is 6. The number of nitrogens with one attached hydrogen (secondary N) is 1. The van der Waals surface area contributed by atoms with Gasteiger partial charge in [-0.15, -0.1) is 22.7 Å². The molecule has 0 aliphatic carbocycles. The molecule has 3 rings (SSSR count). The molecule has 3 aromatic rings. The van der Waals surface area contributed by atoms with Gasteiger partial charge in [-0.25, -0.2) is 4.98 Å². The quantitative estimate of drug-likeness (QED) is 0.715. The van der Waals surface area contributed by atoms with Gasteiger partial charge in [0.2, 0.25) is 5.91 Å². The first-order valence-corrected chi connectivity index (χ1v) is 9.34. The number of hydrogen-bond donors (Lipinski definition) is 1. The summed E-state index contributed by atoms with van der Waals surface area (Å²) in [7, 11) is 1.63. The molecule has 124 valence electrons. The summed E-state index contributed by atoms with van der Waals surface area (Å²) in [5, 5.41) is 7.95. The number of hydrogen-bond acceptors (Lipinski definition) is 5. The minimum Gasteiger partial charge on any atom is -0.496 e. The van der Waals surface area contributed by atoms with Gasteiger partial charge in [-0.05, 0) is 24.4 Å². The van der Waals surface area contributed by atoms with E-state index in [9.17, 15) is 4.79 Å². The molecule has 1 amide bonds. The van der Waals surface area contributed by atoms with E-state index in [1.165, 1.54) is 0 Å². The maximum absolute atomic E-state index is 12.3. The highest BCUT2D eigenvalue weighted by atomic mass is 32.1. The third-order valence-electron chi connectivity index (χ3n) is 3.61. The second kappa shape index (κ2) is 7.59. The van der Waals surface area contributed by atoms with Crippen LogP contribution < -0.4 is 10.1 Å². The Morgan fingerprint density at radius 3 is 2.83 bits per heavy atom. The molecule has 0 radical (unpaired) electrons. The Morgan fingerprint density at radius 1 is 1.25 bits per heavy atom. The first-order valence-electron chi connectivity index (χ1n) is 7.58. The number of aromatic nitrogens is 1. The molecular weight excluding hydrogens is 340 g/mol. The van der Waals surface area contributed by atoms with Crippen LogP contribution in [0.5, 0.6) is 5.75 Å². The number of methoxy groups -OCH3 is 1. The van der Waals surface area contributed by atoms with Gasteiger partial charge >= 0.3 is 0 Å². The van der Waals surface area contributed by atoms with Gasteiger partial charge < -0.3 is 10.1 Å². The van der Waals surface area contributed by atoms with Gasteiger partial charge in [0.15, 0.2) is 0 Å². The zero-order valence-electron chi connectivity index (χ0n) is 13.5. The van der Waals surface area contributed by atoms with Crippen molar-refractivity contribution in [3.05, 3.63) is 58.4 Å². The molecule has 0 fully saturated rings. The summed E-state index contributed by atoms with van der Waals surface area (Å²) in [6.07, 6.45) is 0.279. The summed E-state index contributed by atoms with van der Waals surface area (Å²) in [6.45, 7) is 1.95. The van der Waals surface area contributed by atoms with E-state index in [0.717, 1.165) is 26.9 Å². The minimum absolute atomic E-state index is 0.0450. The third-order valence-corrected chi connectivity index (χ3v) is 5.54. The summed E-state index contributed by atoms with van der Waals surface area (Å²) >= 11 is 3.22. The van der Waals surface area contributed by atoms with Crippen molar-refractivity contribution in [3.8, 4) is 15.6 Å². The van der Waals surface area contributed by atoms with E-state index >= 15 is 0 Å². The van der Waals surface area contributed by atoms with Gasteiger partial charge in [0.1, 0.15) is 10.8 Å². The lowest BCUT2D eigenvalue weighted by Crippen LogP contribution is -2.28. The third kappa shape index (κ3) is 3.83. The van der Waals surface area contributed by atoms with Crippen molar-refractivity contribution < 1.29 is 9.53 Å². The van der Waals surface area contributed by atoms with Crippen LogP contribution in [-0.2, 0) is 11.2 Å². The predicted molar refractivity (Wildman–Crippen MR) is 98.7 cm³/mol. The van der Waals surface area contributed by atoms with E-state index < -0.39 is 0 Å². The molecule has 1 N–H and O–H groups in total. The lowest BCUT2D eigenvalue weighted by atomic mass is 10.1. The molecule has 2 heterocycles. The first-order chi connectivity index (χ1) is 11.7. The number of carbonyl (C=O) groups is 1. The van der Waals surface area contributed by atoms with Crippen molar-refractivity contribution in [2.24, 2.45) is 0 Å². The van der Waals surface area contributed by atoms with E-state index in [2.05, 4.69) is 10.3 Å². The Hall–Kier alpha value is -2.18. The van der Waals surface area contributed by atoms with Crippen LogP contribution in [0, 0.1) is 0 Å². The molecule has 0 aliphatic rings. The number of carbonyl (C=O) groups excluding carboxylic acids is 1. The second-order valence-corrected chi connectivity index (χ2v) is 7.14. The highest BCUT2D eigenvalue weighted by Gasteiger charge is 2.15. The molecule has 2 aromatic heterocycles. The topological polar surface area (TPSA) is 51.2 Å². The Kier molecular flexibility index (Phi) is 5.27. The molecule has 0 aliphatic heterocycles. The second-order valence-electron chi connectivity index (χ2n) is 5.33. The number of nitrogens with zero attached hydrogens (tertiary/aromatic N) is 1. The minimum atomic E-state index is -0.121. The Bertz CT molecular complexity index is 812. The van der Waals surface area contributed by atoms with Crippen LogP contribution in [0.15, 0.2) is 47.2 Å². The normalized spacial score (nSPS) is 11.9. The maximum atomic E-state index is 12.3. The van der Waals surface area contributed by atoms with Crippen LogP contribution in [0.1, 0.15) is 24.2 Å². The number of benzene rings is 1. The maximum Gasteiger partial charge on any atom is 0.226 e. The largest absolute Gasteiger partial charge is 0.496 e. The molecule has 0 unspecified atom stereocenters. The molecule has 0 saturated heterocycles. The van der Waals surface area contributed by atoms with Crippen LogP contribution in [0.3, 0.4) is 0 Å². The van der Waals surface area contributed by atoms with Crippen LogP contribution in [0.25, 0.3) is 9.88 Å². The predicted octanol–water partition coefficient (Wildman–Crippen LogP) is 4.30. The molecule has 4 nitrogen and oxygen atoms in total. The fourth-order valence-electron chi connectivity index (χ4n) is 2.46. The van der Waals surface area contributed by atoms with E-state index in [-0.39, 0.29) is 18.4 Å². The van der Waals surface area contributed by atoms with Crippen molar-refractivity contribution >= 4 is 28.6 Å².